The van der Waals surface area contributed by atoms with Crippen molar-refractivity contribution in [1.82, 2.24) is 5.32 Å². The Kier molecular flexibility index (Phi) is 6.31. The van der Waals surface area contributed by atoms with Crippen molar-refractivity contribution in [3.8, 4) is 5.75 Å². The van der Waals surface area contributed by atoms with Gasteiger partial charge in [-0.1, -0.05) is 37.3 Å². The highest BCUT2D eigenvalue weighted by molar-refractivity contribution is 5.79. The van der Waals surface area contributed by atoms with Gasteiger partial charge in [0.1, 0.15) is 12.4 Å². The fourth-order valence-corrected chi connectivity index (χ4v) is 2.25. The number of nitro groups is 1. The molecular formula is C18H20N2O4. The lowest BCUT2D eigenvalue weighted by Crippen LogP contribution is -2.29. The lowest BCUT2D eigenvalue weighted by Gasteiger charge is -2.08. The Labute approximate surface area is 140 Å². The Bertz CT molecular complexity index is 698. The summed E-state index contributed by atoms with van der Waals surface area (Å²) in [4.78, 5) is 22.3. The maximum absolute atomic E-state index is 11.9. The van der Waals surface area contributed by atoms with Crippen molar-refractivity contribution in [3.05, 3.63) is 69.8 Å². The molecule has 0 radical (unpaired) electrons. The summed E-state index contributed by atoms with van der Waals surface area (Å²) in [6.45, 7) is 2.77. The average molecular weight is 328 g/mol. The minimum Gasteiger partial charge on any atom is -0.492 e. The van der Waals surface area contributed by atoms with Crippen molar-refractivity contribution in [2.45, 2.75) is 19.8 Å². The second kappa shape index (κ2) is 8.67. The van der Waals surface area contributed by atoms with Gasteiger partial charge in [-0.05, 0) is 24.1 Å². The molecule has 0 bridgehead atoms. The van der Waals surface area contributed by atoms with E-state index < -0.39 is 4.92 Å². The average Bonchev–Trinajstić information content (AvgIpc) is 2.59. The second-order valence-electron chi connectivity index (χ2n) is 5.26. The van der Waals surface area contributed by atoms with Crippen molar-refractivity contribution in [2.24, 2.45) is 0 Å². The number of amides is 1. The lowest BCUT2D eigenvalue weighted by atomic mass is 10.1. The van der Waals surface area contributed by atoms with E-state index in [0.29, 0.717) is 18.7 Å². The second-order valence-corrected chi connectivity index (χ2v) is 5.26. The first kappa shape index (κ1) is 17.5. The predicted octanol–water partition coefficient (Wildman–Crippen LogP) is 2.89. The van der Waals surface area contributed by atoms with Gasteiger partial charge < -0.3 is 10.1 Å². The molecule has 24 heavy (non-hydrogen) atoms. The molecule has 0 heterocycles. The quantitative estimate of drug-likeness (QED) is 0.459. The van der Waals surface area contributed by atoms with Crippen molar-refractivity contribution in [2.75, 3.05) is 13.2 Å². The van der Waals surface area contributed by atoms with Crippen LogP contribution in [0.4, 0.5) is 5.69 Å². The fraction of sp³-hybridized carbons (Fsp3) is 0.278. The van der Waals surface area contributed by atoms with Gasteiger partial charge in [-0.15, -0.1) is 0 Å². The van der Waals surface area contributed by atoms with E-state index in [4.69, 9.17) is 4.74 Å². The number of ether oxygens (including phenoxy) is 1. The van der Waals surface area contributed by atoms with Crippen LogP contribution < -0.4 is 10.1 Å². The lowest BCUT2D eigenvalue weighted by molar-refractivity contribution is -0.385. The van der Waals surface area contributed by atoms with Crippen molar-refractivity contribution >= 4 is 11.6 Å². The number of nitrogens with zero attached hydrogens (tertiary/aromatic N) is 1. The Balaban J connectivity index is 1.76. The Morgan fingerprint density at radius 1 is 1.17 bits per heavy atom. The first-order chi connectivity index (χ1) is 11.6. The van der Waals surface area contributed by atoms with Crippen molar-refractivity contribution < 1.29 is 14.5 Å². The topological polar surface area (TPSA) is 81.5 Å². The minimum atomic E-state index is -0.480. The molecule has 6 nitrogen and oxygen atoms in total. The molecule has 2 aromatic rings. The van der Waals surface area contributed by atoms with E-state index in [9.17, 15) is 14.9 Å². The van der Waals surface area contributed by atoms with Gasteiger partial charge >= 0.3 is 0 Å². The van der Waals surface area contributed by atoms with Gasteiger partial charge in [0.2, 0.25) is 5.91 Å². The highest BCUT2D eigenvalue weighted by atomic mass is 16.6. The van der Waals surface area contributed by atoms with E-state index in [1.807, 2.05) is 24.3 Å². The molecule has 0 aliphatic rings. The van der Waals surface area contributed by atoms with Crippen LogP contribution in [0.25, 0.3) is 0 Å². The van der Waals surface area contributed by atoms with Crippen LogP contribution in [-0.4, -0.2) is 24.0 Å². The molecule has 126 valence electrons. The van der Waals surface area contributed by atoms with E-state index in [2.05, 4.69) is 12.2 Å². The van der Waals surface area contributed by atoms with Crippen LogP contribution in [0.15, 0.2) is 48.5 Å². The summed E-state index contributed by atoms with van der Waals surface area (Å²) in [7, 11) is 0. The Morgan fingerprint density at radius 2 is 1.88 bits per heavy atom. The zero-order chi connectivity index (χ0) is 17.4. The van der Waals surface area contributed by atoms with Crippen molar-refractivity contribution in [1.29, 1.82) is 0 Å². The molecule has 0 saturated heterocycles. The predicted molar refractivity (Wildman–Crippen MR) is 91.1 cm³/mol. The summed E-state index contributed by atoms with van der Waals surface area (Å²) in [5.41, 5.74) is 1.59. The fourth-order valence-electron chi connectivity index (χ4n) is 2.25. The number of carbonyl (C=O) groups excluding carboxylic acids is 1. The molecule has 1 amide bonds. The van der Waals surface area contributed by atoms with Gasteiger partial charge in [-0.3, -0.25) is 14.9 Å². The molecule has 0 unspecified atom stereocenters. The maximum Gasteiger partial charge on any atom is 0.273 e. The molecule has 0 aliphatic heterocycles. The molecule has 2 rings (SSSR count). The number of hydrogen-bond acceptors (Lipinski definition) is 4. The van der Waals surface area contributed by atoms with Crippen LogP contribution in [-0.2, 0) is 17.6 Å². The van der Waals surface area contributed by atoms with E-state index in [-0.39, 0.29) is 18.0 Å². The van der Waals surface area contributed by atoms with Gasteiger partial charge in [-0.2, -0.15) is 0 Å². The monoisotopic (exact) mass is 328 g/mol. The number of aryl methyl sites for hydroxylation is 1. The molecule has 6 heteroatoms. The van der Waals surface area contributed by atoms with Crippen LogP contribution in [0, 0.1) is 10.1 Å². The largest absolute Gasteiger partial charge is 0.492 e. The van der Waals surface area contributed by atoms with Gasteiger partial charge in [0.15, 0.2) is 0 Å². The number of carbonyl (C=O) groups is 1. The molecule has 0 aliphatic carbocycles. The van der Waals surface area contributed by atoms with Gasteiger partial charge in [0.05, 0.1) is 17.9 Å². The molecular weight excluding hydrogens is 308 g/mol. The normalized spacial score (nSPS) is 10.2. The standard InChI is InChI=1S/C18H20N2O4/c1-2-14-7-9-16(10-8-14)24-12-11-19-18(21)13-15-5-3-4-6-17(15)20(22)23/h3-10H,2,11-13H2,1H3,(H,19,21). The molecule has 0 saturated carbocycles. The third-order valence-corrected chi connectivity index (χ3v) is 3.56. The van der Waals surface area contributed by atoms with E-state index in [1.165, 1.54) is 11.6 Å². The highest BCUT2D eigenvalue weighted by Crippen LogP contribution is 2.18. The molecule has 2 aromatic carbocycles. The van der Waals surface area contributed by atoms with Crippen molar-refractivity contribution in [3.63, 3.8) is 0 Å². The zero-order valence-corrected chi connectivity index (χ0v) is 13.5. The first-order valence-corrected chi connectivity index (χ1v) is 7.81. The van der Waals surface area contributed by atoms with Gasteiger partial charge in [-0.25, -0.2) is 0 Å². The van der Waals surface area contributed by atoms with Crippen LogP contribution in [0.5, 0.6) is 5.75 Å². The number of nitrogens with one attached hydrogen (secondary N) is 1. The minimum absolute atomic E-state index is 0.0254. The zero-order valence-electron chi connectivity index (χ0n) is 13.5. The maximum atomic E-state index is 11.9. The van der Waals surface area contributed by atoms with Crippen LogP contribution >= 0.6 is 0 Å². The Hall–Kier alpha value is -2.89. The summed E-state index contributed by atoms with van der Waals surface area (Å²) in [6.07, 6.45) is 0.949. The first-order valence-electron chi connectivity index (χ1n) is 7.81. The Morgan fingerprint density at radius 3 is 2.54 bits per heavy atom. The summed E-state index contributed by atoms with van der Waals surface area (Å²) in [6, 6.07) is 14.0. The number of nitro benzene ring substituents is 1. The molecule has 0 aromatic heterocycles. The van der Waals surface area contributed by atoms with Crippen LogP contribution in [0.3, 0.4) is 0 Å². The van der Waals surface area contributed by atoms with Crippen LogP contribution in [0.2, 0.25) is 0 Å². The molecule has 0 spiro atoms. The number of hydrogen-bond donors (Lipinski definition) is 1. The van der Waals surface area contributed by atoms with E-state index in [1.54, 1.807) is 18.2 Å². The highest BCUT2D eigenvalue weighted by Gasteiger charge is 2.15. The van der Waals surface area contributed by atoms with E-state index in [0.717, 1.165) is 12.2 Å². The molecule has 1 N–H and O–H groups in total. The number of rotatable bonds is 8. The molecule has 0 fully saturated rings. The number of para-hydroxylation sites is 1. The van der Waals surface area contributed by atoms with Gasteiger partial charge in [0.25, 0.3) is 5.69 Å². The summed E-state index contributed by atoms with van der Waals surface area (Å²) < 4.78 is 5.55. The smallest absolute Gasteiger partial charge is 0.273 e. The third kappa shape index (κ3) is 5.08. The van der Waals surface area contributed by atoms with E-state index >= 15 is 0 Å². The summed E-state index contributed by atoms with van der Waals surface area (Å²) in [5, 5.41) is 13.6. The van der Waals surface area contributed by atoms with Gasteiger partial charge in [0, 0.05) is 11.6 Å². The summed E-state index contributed by atoms with van der Waals surface area (Å²) >= 11 is 0. The SMILES string of the molecule is CCc1ccc(OCCNC(=O)Cc2ccccc2[N+](=O)[O-])cc1. The third-order valence-electron chi connectivity index (χ3n) is 3.56. The summed E-state index contributed by atoms with van der Waals surface area (Å²) in [5.74, 6) is 0.481. The molecule has 0 atom stereocenters. The van der Waals surface area contributed by atoms with Crippen LogP contribution in [0.1, 0.15) is 18.1 Å². The number of benzene rings is 2.